The number of rotatable bonds is 3. The summed E-state index contributed by atoms with van der Waals surface area (Å²) in [6.45, 7) is 1.05. The molecule has 4 bridgehead atoms. The van der Waals surface area contributed by atoms with Crippen molar-refractivity contribution in [3.8, 4) is 0 Å². The quantitative estimate of drug-likeness (QED) is 0.820. The van der Waals surface area contributed by atoms with Crippen LogP contribution in [0.4, 0.5) is 0 Å². The lowest BCUT2D eigenvalue weighted by atomic mass is 9.53. The number of hydrogen-bond acceptors (Lipinski definition) is 1. The zero-order valence-electron chi connectivity index (χ0n) is 10.4. The van der Waals surface area contributed by atoms with E-state index < -0.39 is 0 Å². The molecule has 92 valence electrons. The first-order chi connectivity index (χ1) is 8.31. The number of nitrogens with one attached hydrogen (secondary N) is 2. The molecule has 0 amide bonds. The molecule has 0 atom stereocenters. The summed E-state index contributed by atoms with van der Waals surface area (Å²) in [5.41, 5.74) is 1.91. The van der Waals surface area contributed by atoms with Crippen LogP contribution in [-0.2, 0) is 6.54 Å². The van der Waals surface area contributed by atoms with Gasteiger partial charge in [-0.25, -0.2) is 0 Å². The van der Waals surface area contributed by atoms with Gasteiger partial charge in [0.05, 0.1) is 0 Å². The minimum atomic E-state index is 0.506. The molecule has 2 heteroatoms. The second kappa shape index (κ2) is 3.61. The van der Waals surface area contributed by atoms with E-state index in [9.17, 15) is 0 Å². The van der Waals surface area contributed by atoms with Crippen molar-refractivity contribution in [2.45, 2.75) is 50.6 Å². The highest BCUT2D eigenvalue weighted by Crippen LogP contribution is 2.55. The molecule has 4 fully saturated rings. The van der Waals surface area contributed by atoms with Crippen molar-refractivity contribution in [2.75, 3.05) is 0 Å². The Kier molecular flexibility index (Phi) is 2.17. The van der Waals surface area contributed by atoms with Gasteiger partial charge < -0.3 is 10.3 Å². The molecule has 4 aliphatic rings. The Balaban J connectivity index is 1.49. The van der Waals surface area contributed by atoms with E-state index in [2.05, 4.69) is 22.6 Å². The zero-order chi connectivity index (χ0) is 11.3. The summed E-state index contributed by atoms with van der Waals surface area (Å²) in [7, 11) is 0. The van der Waals surface area contributed by atoms with Crippen molar-refractivity contribution in [2.24, 2.45) is 17.8 Å². The third kappa shape index (κ3) is 1.74. The molecular weight excluding hydrogens is 208 g/mol. The second-order valence-corrected chi connectivity index (χ2v) is 6.77. The second-order valence-electron chi connectivity index (χ2n) is 6.77. The monoisotopic (exact) mass is 230 g/mol. The van der Waals surface area contributed by atoms with Gasteiger partial charge in [-0.15, -0.1) is 0 Å². The minimum Gasteiger partial charge on any atom is -0.367 e. The number of aromatic amines is 1. The molecule has 0 spiro atoms. The first kappa shape index (κ1) is 10.2. The Bertz CT molecular complexity index is 358. The van der Waals surface area contributed by atoms with Crippen LogP contribution in [0.15, 0.2) is 18.5 Å². The van der Waals surface area contributed by atoms with E-state index in [1.54, 1.807) is 0 Å². The SMILES string of the molecule is c1cc(CNC23CC4CC(CC(C4)C2)C3)c[nH]1. The van der Waals surface area contributed by atoms with Gasteiger partial charge in [0, 0.05) is 24.5 Å². The van der Waals surface area contributed by atoms with Crippen LogP contribution in [0.3, 0.4) is 0 Å². The van der Waals surface area contributed by atoms with Crippen molar-refractivity contribution >= 4 is 0 Å². The van der Waals surface area contributed by atoms with E-state index in [-0.39, 0.29) is 0 Å². The maximum atomic E-state index is 3.91. The molecule has 0 aromatic carbocycles. The van der Waals surface area contributed by atoms with Crippen LogP contribution in [0.1, 0.15) is 44.1 Å². The van der Waals surface area contributed by atoms with E-state index in [1.807, 2.05) is 6.20 Å². The topological polar surface area (TPSA) is 27.8 Å². The van der Waals surface area contributed by atoms with Gasteiger partial charge in [0.1, 0.15) is 0 Å². The van der Waals surface area contributed by atoms with Crippen LogP contribution in [-0.4, -0.2) is 10.5 Å². The summed E-state index contributed by atoms with van der Waals surface area (Å²) in [4.78, 5) is 3.15. The fourth-order valence-electron chi connectivity index (χ4n) is 5.09. The van der Waals surface area contributed by atoms with Crippen molar-refractivity contribution in [1.29, 1.82) is 0 Å². The highest BCUT2D eigenvalue weighted by atomic mass is 15.0. The van der Waals surface area contributed by atoms with Crippen molar-refractivity contribution < 1.29 is 0 Å². The summed E-state index contributed by atoms with van der Waals surface area (Å²) in [6, 6.07) is 2.19. The molecule has 5 rings (SSSR count). The Morgan fingerprint density at radius 3 is 2.29 bits per heavy atom. The summed E-state index contributed by atoms with van der Waals surface area (Å²) < 4.78 is 0. The first-order valence-corrected chi connectivity index (χ1v) is 7.18. The third-order valence-electron chi connectivity index (χ3n) is 5.37. The molecule has 0 radical (unpaired) electrons. The highest BCUT2D eigenvalue weighted by Gasteiger charge is 2.50. The van der Waals surface area contributed by atoms with E-state index in [0.717, 1.165) is 24.3 Å². The van der Waals surface area contributed by atoms with Gasteiger partial charge in [0.2, 0.25) is 0 Å². The predicted molar refractivity (Wildman–Crippen MR) is 68.5 cm³/mol. The maximum Gasteiger partial charge on any atom is 0.0225 e. The van der Waals surface area contributed by atoms with Gasteiger partial charge >= 0.3 is 0 Å². The Morgan fingerprint density at radius 2 is 1.76 bits per heavy atom. The van der Waals surface area contributed by atoms with E-state index >= 15 is 0 Å². The molecule has 1 heterocycles. The van der Waals surface area contributed by atoms with Gasteiger partial charge in [-0.3, -0.25) is 0 Å². The fourth-order valence-corrected chi connectivity index (χ4v) is 5.09. The normalized spacial score (nSPS) is 43.2. The van der Waals surface area contributed by atoms with Crippen LogP contribution in [0.2, 0.25) is 0 Å². The van der Waals surface area contributed by atoms with Gasteiger partial charge in [-0.2, -0.15) is 0 Å². The number of aromatic nitrogens is 1. The molecule has 2 N–H and O–H groups in total. The Morgan fingerprint density at radius 1 is 1.12 bits per heavy atom. The molecule has 2 nitrogen and oxygen atoms in total. The predicted octanol–water partition coefficient (Wildman–Crippen LogP) is 3.07. The molecule has 4 saturated carbocycles. The van der Waals surface area contributed by atoms with Gasteiger partial charge in [-0.05, 0) is 67.9 Å². The lowest BCUT2D eigenvalue weighted by Crippen LogP contribution is -2.58. The van der Waals surface area contributed by atoms with Crippen LogP contribution < -0.4 is 5.32 Å². The average molecular weight is 230 g/mol. The smallest absolute Gasteiger partial charge is 0.0225 e. The van der Waals surface area contributed by atoms with Crippen molar-refractivity contribution in [3.63, 3.8) is 0 Å². The van der Waals surface area contributed by atoms with Gasteiger partial charge in [-0.1, -0.05) is 0 Å². The molecule has 0 aliphatic heterocycles. The van der Waals surface area contributed by atoms with Gasteiger partial charge in [0.15, 0.2) is 0 Å². The molecule has 0 saturated heterocycles. The molecule has 1 aromatic rings. The standard InChI is InChI=1S/C15H22N2/c1-2-16-9-11(1)10-17-15-6-12-3-13(7-15)5-14(4-12)8-15/h1-2,9,12-14,16-17H,3-8,10H2. The molecular formula is C15H22N2. The van der Waals surface area contributed by atoms with Crippen LogP contribution >= 0.6 is 0 Å². The van der Waals surface area contributed by atoms with Crippen LogP contribution in [0.5, 0.6) is 0 Å². The lowest BCUT2D eigenvalue weighted by Gasteiger charge is -2.57. The van der Waals surface area contributed by atoms with Crippen LogP contribution in [0, 0.1) is 17.8 Å². The van der Waals surface area contributed by atoms with E-state index in [1.165, 1.54) is 44.1 Å². The minimum absolute atomic E-state index is 0.506. The summed E-state index contributed by atoms with van der Waals surface area (Å²) in [5.74, 6) is 3.12. The summed E-state index contributed by atoms with van der Waals surface area (Å²) >= 11 is 0. The Hall–Kier alpha value is -0.760. The third-order valence-corrected chi connectivity index (χ3v) is 5.37. The van der Waals surface area contributed by atoms with E-state index in [0.29, 0.717) is 5.54 Å². The molecule has 4 aliphatic carbocycles. The van der Waals surface area contributed by atoms with Gasteiger partial charge in [0.25, 0.3) is 0 Å². The first-order valence-electron chi connectivity index (χ1n) is 7.18. The summed E-state index contributed by atoms with van der Waals surface area (Å²) in [6.07, 6.45) is 13.1. The molecule has 1 aromatic heterocycles. The lowest BCUT2D eigenvalue weighted by molar-refractivity contribution is -0.0205. The fraction of sp³-hybridized carbons (Fsp3) is 0.733. The number of H-pyrrole nitrogens is 1. The zero-order valence-corrected chi connectivity index (χ0v) is 10.4. The molecule has 0 unspecified atom stereocenters. The number of hydrogen-bond donors (Lipinski definition) is 2. The average Bonchev–Trinajstić information content (AvgIpc) is 2.77. The van der Waals surface area contributed by atoms with Crippen molar-refractivity contribution in [1.82, 2.24) is 10.3 Å². The largest absolute Gasteiger partial charge is 0.367 e. The Labute approximate surface area is 103 Å². The van der Waals surface area contributed by atoms with Crippen LogP contribution in [0.25, 0.3) is 0 Å². The van der Waals surface area contributed by atoms with E-state index in [4.69, 9.17) is 0 Å². The highest BCUT2D eigenvalue weighted by molar-refractivity contribution is 5.11. The maximum absolute atomic E-state index is 3.91. The van der Waals surface area contributed by atoms with Crippen molar-refractivity contribution in [3.05, 3.63) is 24.0 Å². The molecule has 17 heavy (non-hydrogen) atoms. The summed E-state index contributed by atoms with van der Waals surface area (Å²) in [5, 5.41) is 3.91.